The van der Waals surface area contributed by atoms with Crippen LogP contribution in [-0.2, 0) is 13.1 Å². The van der Waals surface area contributed by atoms with E-state index in [4.69, 9.17) is 0 Å². The Bertz CT molecular complexity index is 2060. The summed E-state index contributed by atoms with van der Waals surface area (Å²) in [6.45, 7) is 3.58. The predicted molar refractivity (Wildman–Crippen MR) is 209 cm³/mol. The van der Waals surface area contributed by atoms with Gasteiger partial charge in [0.1, 0.15) is 0 Å². The van der Waals surface area contributed by atoms with E-state index in [2.05, 4.69) is 170 Å². The van der Waals surface area contributed by atoms with Crippen LogP contribution in [0, 0.1) is 0 Å². The molecule has 0 bridgehead atoms. The lowest BCUT2D eigenvalue weighted by atomic mass is 10.00. The lowest BCUT2D eigenvalue weighted by molar-refractivity contribution is 0.0484. The average Bonchev–Trinajstić information content (AvgIpc) is 3.16. The zero-order valence-corrected chi connectivity index (χ0v) is 27.9. The Morgan fingerprint density at radius 2 is 0.837 bits per heavy atom. The fourth-order valence-electron chi connectivity index (χ4n) is 6.42. The summed E-state index contributed by atoms with van der Waals surface area (Å²) in [5, 5.41) is 16.4. The summed E-state index contributed by atoms with van der Waals surface area (Å²) in [5.74, 6) is 0. The third-order valence-electron chi connectivity index (χ3n) is 9.39. The van der Waals surface area contributed by atoms with E-state index in [1.54, 1.807) is 0 Å². The van der Waals surface area contributed by atoms with Crippen LogP contribution in [0.1, 0.15) is 52.0 Å². The van der Waals surface area contributed by atoms with Crippen molar-refractivity contribution in [2.75, 3.05) is 0 Å². The summed E-state index contributed by atoms with van der Waals surface area (Å²) >= 11 is 0. The molecule has 0 radical (unpaired) electrons. The largest absolute Gasteiger partial charge is 0.387 e. The number of nitrogens with zero attached hydrogens (tertiary/aromatic N) is 1. The van der Waals surface area contributed by atoms with E-state index < -0.39 is 6.10 Å². The fourth-order valence-corrected chi connectivity index (χ4v) is 6.42. The van der Waals surface area contributed by atoms with Gasteiger partial charge in [0.2, 0.25) is 0 Å². The van der Waals surface area contributed by atoms with Crippen LogP contribution in [0.5, 0.6) is 0 Å². The fraction of sp³-hybridized carbons (Fsp3) is 0.106. The summed E-state index contributed by atoms with van der Waals surface area (Å²) < 4.78 is 0. The van der Waals surface area contributed by atoms with Crippen LogP contribution in [-0.4, -0.2) is 16.0 Å². The molecule has 7 rings (SSSR count). The van der Waals surface area contributed by atoms with E-state index >= 15 is 0 Å². The van der Waals surface area contributed by atoms with Crippen LogP contribution in [0.2, 0.25) is 0 Å². The molecule has 2 heteroatoms. The van der Waals surface area contributed by atoms with Gasteiger partial charge >= 0.3 is 0 Å². The molecule has 0 aliphatic carbocycles. The minimum absolute atomic E-state index is 0.0950. The highest BCUT2D eigenvalue weighted by molar-refractivity contribution is 5.87. The number of hydrogen-bond acceptors (Lipinski definition) is 2. The Kier molecular flexibility index (Phi) is 9.89. The molecule has 7 aromatic carbocycles. The SMILES string of the molecule is C[C@@H]([C@H](O)c1ccccc1)N(Cc1ccc(/C=C/c2ccc3ccccc3c2)cc1)Cc1ccc(/C=C/c2ccc3ccccc3c2)cc1. The third kappa shape index (κ3) is 8.13. The van der Waals surface area contributed by atoms with Crippen molar-refractivity contribution in [3.63, 3.8) is 0 Å². The quantitative estimate of drug-likeness (QED) is 0.143. The maximum Gasteiger partial charge on any atom is 0.0942 e. The number of benzene rings is 7. The lowest BCUT2D eigenvalue weighted by Gasteiger charge is -2.33. The average molecular weight is 636 g/mol. The lowest BCUT2D eigenvalue weighted by Crippen LogP contribution is -2.36. The molecule has 0 aromatic heterocycles. The van der Waals surface area contributed by atoms with Crippen LogP contribution >= 0.6 is 0 Å². The minimum Gasteiger partial charge on any atom is -0.387 e. The van der Waals surface area contributed by atoms with Gasteiger partial charge in [0.25, 0.3) is 0 Å². The van der Waals surface area contributed by atoms with Gasteiger partial charge in [-0.1, -0.05) is 176 Å². The molecular weight excluding hydrogens is 595 g/mol. The number of fused-ring (bicyclic) bond motifs is 2. The summed E-state index contributed by atoms with van der Waals surface area (Å²) in [4.78, 5) is 2.37. The Balaban J connectivity index is 1.06. The molecule has 0 aliphatic rings. The van der Waals surface area contributed by atoms with E-state index in [1.807, 2.05) is 30.3 Å². The Labute approximate surface area is 289 Å². The van der Waals surface area contributed by atoms with E-state index in [0.717, 1.165) is 29.8 Å². The maximum absolute atomic E-state index is 11.4. The van der Waals surface area contributed by atoms with Crippen molar-refractivity contribution >= 4 is 45.8 Å². The van der Waals surface area contributed by atoms with Gasteiger partial charge in [0.05, 0.1) is 6.10 Å². The number of aliphatic hydroxyl groups excluding tert-OH is 1. The van der Waals surface area contributed by atoms with E-state index in [-0.39, 0.29) is 6.04 Å². The first-order valence-corrected chi connectivity index (χ1v) is 17.1. The maximum atomic E-state index is 11.4. The third-order valence-corrected chi connectivity index (χ3v) is 9.39. The topological polar surface area (TPSA) is 23.5 Å². The summed E-state index contributed by atoms with van der Waals surface area (Å²) in [6, 6.07) is 57.5. The Hall–Kier alpha value is -5.54. The first-order chi connectivity index (χ1) is 24.1. The summed E-state index contributed by atoms with van der Waals surface area (Å²) in [7, 11) is 0. The Morgan fingerprint density at radius 1 is 0.449 bits per heavy atom. The van der Waals surface area contributed by atoms with Gasteiger partial charge in [0.15, 0.2) is 0 Å². The van der Waals surface area contributed by atoms with Crippen LogP contribution in [0.4, 0.5) is 0 Å². The molecular formula is C47H41NO. The standard InChI is InChI=1S/C47H41NO/c1-35(47(49)44-11-3-2-4-12-44)48(33-40-23-17-36(18-24-40)15-21-38-27-29-42-9-5-7-13-45(42)31-38)34-41-25-19-37(20-26-41)16-22-39-28-30-43-10-6-8-14-46(43)32-39/h2-32,35,47,49H,33-34H2,1H3/b21-15+,22-16+/t35-,47-/m0/s1. The smallest absolute Gasteiger partial charge is 0.0942 e. The molecule has 0 amide bonds. The van der Waals surface area contributed by atoms with Gasteiger partial charge in [-0.3, -0.25) is 4.90 Å². The van der Waals surface area contributed by atoms with Crippen molar-refractivity contribution < 1.29 is 5.11 Å². The van der Waals surface area contributed by atoms with Crippen LogP contribution in [0.3, 0.4) is 0 Å². The molecule has 49 heavy (non-hydrogen) atoms. The normalized spacial score (nSPS) is 13.1. The number of rotatable bonds is 11. The molecule has 0 fully saturated rings. The predicted octanol–water partition coefficient (Wildman–Crippen LogP) is 11.5. The zero-order chi connectivity index (χ0) is 33.4. The van der Waals surface area contributed by atoms with Crippen molar-refractivity contribution in [1.29, 1.82) is 0 Å². The van der Waals surface area contributed by atoms with Crippen molar-refractivity contribution in [3.05, 3.63) is 203 Å². The van der Waals surface area contributed by atoms with Crippen LogP contribution in [0.15, 0.2) is 164 Å². The van der Waals surface area contributed by atoms with Gasteiger partial charge in [-0.2, -0.15) is 0 Å². The Morgan fingerprint density at radius 3 is 1.31 bits per heavy atom. The van der Waals surface area contributed by atoms with Crippen LogP contribution < -0.4 is 0 Å². The van der Waals surface area contributed by atoms with Crippen molar-refractivity contribution in [1.82, 2.24) is 4.90 Å². The zero-order valence-electron chi connectivity index (χ0n) is 27.9. The molecule has 1 N–H and O–H groups in total. The van der Waals surface area contributed by atoms with E-state index in [9.17, 15) is 5.11 Å². The van der Waals surface area contributed by atoms with Crippen LogP contribution in [0.25, 0.3) is 45.8 Å². The summed E-state index contributed by atoms with van der Waals surface area (Å²) in [6.07, 6.45) is 8.08. The van der Waals surface area contributed by atoms with Gasteiger partial charge < -0.3 is 5.11 Å². The van der Waals surface area contributed by atoms with Gasteiger partial charge in [-0.15, -0.1) is 0 Å². The van der Waals surface area contributed by atoms with Gasteiger partial charge in [-0.05, 0) is 79.5 Å². The molecule has 2 nitrogen and oxygen atoms in total. The second-order valence-electron chi connectivity index (χ2n) is 12.9. The second kappa shape index (κ2) is 15.1. The molecule has 7 aromatic rings. The minimum atomic E-state index is -0.602. The van der Waals surface area contributed by atoms with Gasteiger partial charge in [0, 0.05) is 19.1 Å². The van der Waals surface area contributed by atoms with Crippen molar-refractivity contribution in [2.45, 2.75) is 32.2 Å². The van der Waals surface area contributed by atoms with E-state index in [0.29, 0.717) is 0 Å². The van der Waals surface area contributed by atoms with E-state index in [1.165, 1.54) is 43.8 Å². The monoisotopic (exact) mass is 635 g/mol. The molecule has 0 spiro atoms. The molecule has 0 unspecified atom stereocenters. The molecule has 0 saturated heterocycles. The van der Waals surface area contributed by atoms with Gasteiger partial charge in [-0.25, -0.2) is 0 Å². The molecule has 0 aliphatic heterocycles. The van der Waals surface area contributed by atoms with Crippen molar-refractivity contribution in [2.24, 2.45) is 0 Å². The molecule has 2 atom stereocenters. The highest BCUT2D eigenvalue weighted by Gasteiger charge is 2.23. The number of hydrogen-bond donors (Lipinski definition) is 1. The number of aliphatic hydroxyl groups is 1. The molecule has 0 heterocycles. The summed E-state index contributed by atoms with van der Waals surface area (Å²) in [5.41, 5.74) is 8.06. The highest BCUT2D eigenvalue weighted by atomic mass is 16.3. The second-order valence-corrected chi connectivity index (χ2v) is 12.9. The molecule has 240 valence electrons. The highest BCUT2D eigenvalue weighted by Crippen LogP contribution is 2.25. The first-order valence-electron chi connectivity index (χ1n) is 17.1. The van der Waals surface area contributed by atoms with Crippen molar-refractivity contribution in [3.8, 4) is 0 Å². The first kappa shape index (κ1) is 32.0. The molecule has 0 saturated carbocycles.